The van der Waals surface area contributed by atoms with Crippen LogP contribution < -0.4 is 10.5 Å². The van der Waals surface area contributed by atoms with Gasteiger partial charge in [0.05, 0.1) is 0 Å². The number of pyridine rings is 1. The fourth-order valence-electron chi connectivity index (χ4n) is 1.88. The van der Waals surface area contributed by atoms with E-state index in [0.717, 1.165) is 16.8 Å². The maximum atomic E-state index is 12.1. The van der Waals surface area contributed by atoms with E-state index >= 15 is 0 Å². The van der Waals surface area contributed by atoms with Crippen LogP contribution in [-0.4, -0.2) is 11.3 Å². The average molecular weight is 296 g/mol. The third kappa shape index (κ3) is 4.75. The quantitative estimate of drug-likeness (QED) is 0.939. The van der Waals surface area contributed by atoms with Crippen LogP contribution >= 0.6 is 0 Å². The summed E-state index contributed by atoms with van der Waals surface area (Å²) < 4.78 is 40.0. The summed E-state index contributed by atoms with van der Waals surface area (Å²) in [5.41, 5.74) is 8.66. The molecule has 6 heteroatoms. The van der Waals surface area contributed by atoms with Gasteiger partial charge in [0.25, 0.3) is 0 Å². The van der Waals surface area contributed by atoms with Crippen molar-refractivity contribution in [3.8, 4) is 5.75 Å². The summed E-state index contributed by atoms with van der Waals surface area (Å²) >= 11 is 0. The third-order valence-electron chi connectivity index (χ3n) is 2.94. The zero-order valence-electron chi connectivity index (χ0n) is 11.4. The Balaban J connectivity index is 2.02. The zero-order chi connectivity index (χ0) is 15.5. The van der Waals surface area contributed by atoms with Crippen LogP contribution in [0.2, 0.25) is 0 Å². The molecule has 21 heavy (non-hydrogen) atoms. The molecule has 2 aromatic rings. The molecule has 0 fully saturated rings. The van der Waals surface area contributed by atoms with Crippen LogP contribution in [0.4, 0.5) is 13.2 Å². The predicted molar refractivity (Wildman–Crippen MR) is 72.7 cm³/mol. The summed E-state index contributed by atoms with van der Waals surface area (Å²) in [6.45, 7) is 1.94. The molecule has 1 atom stereocenters. The van der Waals surface area contributed by atoms with Gasteiger partial charge in [-0.1, -0.05) is 18.2 Å². The largest absolute Gasteiger partial charge is 0.573 e. The van der Waals surface area contributed by atoms with E-state index in [2.05, 4.69) is 9.72 Å². The second-order valence-corrected chi connectivity index (χ2v) is 4.75. The Labute approximate surface area is 120 Å². The lowest BCUT2D eigenvalue weighted by Gasteiger charge is -2.13. The Kier molecular flexibility index (Phi) is 4.47. The second kappa shape index (κ2) is 6.13. The molecule has 0 aliphatic rings. The van der Waals surface area contributed by atoms with Crippen LogP contribution in [0.25, 0.3) is 0 Å². The molecule has 0 spiro atoms. The number of nitrogens with zero attached hydrogens (tertiary/aromatic N) is 1. The number of nitrogens with two attached hydrogens (primary N) is 1. The van der Waals surface area contributed by atoms with Crippen LogP contribution in [0, 0.1) is 6.92 Å². The van der Waals surface area contributed by atoms with E-state index in [9.17, 15) is 13.2 Å². The molecule has 0 bridgehead atoms. The highest BCUT2D eigenvalue weighted by atomic mass is 19.4. The minimum absolute atomic E-state index is 0.257. The monoisotopic (exact) mass is 296 g/mol. The van der Waals surface area contributed by atoms with Crippen LogP contribution in [0.15, 0.2) is 42.6 Å². The molecule has 1 unspecified atom stereocenters. The minimum Gasteiger partial charge on any atom is -0.406 e. The molecular weight excluding hydrogens is 281 g/mol. The fraction of sp³-hybridized carbons (Fsp3) is 0.267. The van der Waals surface area contributed by atoms with Gasteiger partial charge in [-0.2, -0.15) is 0 Å². The molecule has 1 aromatic heterocycles. The first-order valence-corrected chi connectivity index (χ1v) is 6.36. The molecule has 0 aliphatic heterocycles. The smallest absolute Gasteiger partial charge is 0.406 e. The lowest BCUT2D eigenvalue weighted by Crippen LogP contribution is -2.17. The van der Waals surface area contributed by atoms with Crippen molar-refractivity contribution in [1.29, 1.82) is 0 Å². The van der Waals surface area contributed by atoms with Crippen molar-refractivity contribution in [1.82, 2.24) is 4.98 Å². The van der Waals surface area contributed by atoms with E-state index in [1.807, 2.05) is 19.1 Å². The molecule has 0 saturated carbocycles. The minimum atomic E-state index is -4.69. The van der Waals surface area contributed by atoms with Gasteiger partial charge in [-0.3, -0.25) is 4.98 Å². The second-order valence-electron chi connectivity index (χ2n) is 4.75. The maximum Gasteiger partial charge on any atom is 0.573 e. The van der Waals surface area contributed by atoms with E-state index < -0.39 is 6.36 Å². The first-order chi connectivity index (χ1) is 9.83. The number of aromatic nitrogens is 1. The van der Waals surface area contributed by atoms with Crippen molar-refractivity contribution in [3.63, 3.8) is 0 Å². The number of rotatable bonds is 4. The molecule has 1 heterocycles. The molecule has 1 aromatic carbocycles. The molecule has 0 saturated heterocycles. The van der Waals surface area contributed by atoms with Crippen molar-refractivity contribution in [2.75, 3.05) is 0 Å². The molecule has 3 nitrogen and oxygen atoms in total. The lowest BCUT2D eigenvalue weighted by molar-refractivity contribution is -0.274. The van der Waals surface area contributed by atoms with Gasteiger partial charge in [0.1, 0.15) is 5.75 Å². The van der Waals surface area contributed by atoms with Crippen molar-refractivity contribution < 1.29 is 17.9 Å². The van der Waals surface area contributed by atoms with Crippen molar-refractivity contribution >= 4 is 0 Å². The Bertz CT molecular complexity index is 579. The van der Waals surface area contributed by atoms with Crippen LogP contribution in [0.1, 0.15) is 22.9 Å². The molecule has 112 valence electrons. The maximum absolute atomic E-state index is 12.1. The number of ether oxygens (including phenoxy) is 1. The van der Waals surface area contributed by atoms with E-state index in [-0.39, 0.29) is 11.8 Å². The third-order valence-corrected chi connectivity index (χ3v) is 2.94. The van der Waals surface area contributed by atoms with Gasteiger partial charge in [-0.15, -0.1) is 13.2 Å². The molecule has 0 amide bonds. The highest BCUT2D eigenvalue weighted by molar-refractivity contribution is 5.30. The predicted octanol–water partition coefficient (Wildman–Crippen LogP) is 3.53. The number of benzene rings is 1. The number of hydrogen-bond donors (Lipinski definition) is 1. The Morgan fingerprint density at radius 1 is 1.14 bits per heavy atom. The van der Waals surface area contributed by atoms with E-state index in [1.165, 1.54) is 24.3 Å². The van der Waals surface area contributed by atoms with Crippen molar-refractivity contribution in [3.05, 3.63) is 59.4 Å². The number of aryl methyl sites for hydroxylation is 1. The van der Waals surface area contributed by atoms with Gasteiger partial charge < -0.3 is 10.5 Å². The van der Waals surface area contributed by atoms with E-state index in [4.69, 9.17) is 5.73 Å². The lowest BCUT2D eigenvalue weighted by atomic mass is 10.0. The van der Waals surface area contributed by atoms with Crippen molar-refractivity contribution in [2.24, 2.45) is 5.73 Å². The average Bonchev–Trinajstić information content (AvgIpc) is 2.40. The molecular formula is C15H15F3N2O. The Morgan fingerprint density at radius 2 is 1.81 bits per heavy atom. The number of halogens is 3. The molecule has 0 aliphatic carbocycles. The Hall–Kier alpha value is -2.08. The highest BCUT2D eigenvalue weighted by Crippen LogP contribution is 2.24. The zero-order valence-corrected chi connectivity index (χ0v) is 11.4. The summed E-state index contributed by atoms with van der Waals surface area (Å²) in [6, 6.07) is 9.06. The van der Waals surface area contributed by atoms with Crippen molar-refractivity contribution in [2.45, 2.75) is 25.7 Å². The summed E-state index contributed by atoms with van der Waals surface area (Å²) in [7, 11) is 0. The first-order valence-electron chi connectivity index (χ1n) is 6.36. The standard InChI is InChI=1S/C15H15F3N2O/c1-10-2-5-12(20-9-10)8-14(19)11-3-6-13(7-4-11)21-15(16,17)18/h2-7,9,14H,8,19H2,1H3. The van der Waals surface area contributed by atoms with Crippen LogP contribution in [0.3, 0.4) is 0 Å². The molecule has 2 rings (SSSR count). The summed E-state index contributed by atoms with van der Waals surface area (Å²) in [6.07, 6.45) is -2.42. The number of alkyl halides is 3. The topological polar surface area (TPSA) is 48.1 Å². The van der Waals surface area contributed by atoms with Gasteiger partial charge in [0, 0.05) is 24.4 Å². The van der Waals surface area contributed by atoms with Gasteiger partial charge in [0.15, 0.2) is 0 Å². The van der Waals surface area contributed by atoms with Gasteiger partial charge >= 0.3 is 6.36 Å². The highest BCUT2D eigenvalue weighted by Gasteiger charge is 2.31. The SMILES string of the molecule is Cc1ccc(CC(N)c2ccc(OC(F)(F)F)cc2)nc1. The first kappa shape index (κ1) is 15.3. The summed E-state index contributed by atoms with van der Waals surface area (Å²) in [5, 5.41) is 0. The summed E-state index contributed by atoms with van der Waals surface area (Å²) in [5.74, 6) is -0.257. The molecule has 0 radical (unpaired) electrons. The Morgan fingerprint density at radius 3 is 2.33 bits per heavy atom. The summed E-state index contributed by atoms with van der Waals surface area (Å²) in [4.78, 5) is 4.26. The van der Waals surface area contributed by atoms with E-state index in [1.54, 1.807) is 6.20 Å². The van der Waals surface area contributed by atoms with Gasteiger partial charge in [0.2, 0.25) is 0 Å². The van der Waals surface area contributed by atoms with Crippen LogP contribution in [0.5, 0.6) is 5.75 Å². The molecule has 2 N–H and O–H groups in total. The van der Waals surface area contributed by atoms with E-state index in [0.29, 0.717) is 6.42 Å². The van der Waals surface area contributed by atoms with Gasteiger partial charge in [-0.05, 0) is 36.2 Å². The number of hydrogen-bond acceptors (Lipinski definition) is 3. The van der Waals surface area contributed by atoms with Crippen LogP contribution in [-0.2, 0) is 6.42 Å². The van der Waals surface area contributed by atoms with Gasteiger partial charge in [-0.25, -0.2) is 0 Å². The fourth-order valence-corrected chi connectivity index (χ4v) is 1.88. The normalized spacial score (nSPS) is 13.0.